The van der Waals surface area contributed by atoms with E-state index in [0.29, 0.717) is 0 Å². The summed E-state index contributed by atoms with van der Waals surface area (Å²) in [5, 5.41) is 0. The summed E-state index contributed by atoms with van der Waals surface area (Å²) in [6.45, 7) is 0. The maximum Gasteiger partial charge on any atom is 0.0833 e. The van der Waals surface area contributed by atoms with Crippen LogP contribution in [0, 0.1) is 6.07 Å². The maximum atomic E-state index is 4.50. The third kappa shape index (κ3) is 2.28. The van der Waals surface area contributed by atoms with Crippen LogP contribution in [0.15, 0.2) is 61.2 Å². The number of para-hydroxylation sites is 1. The molecule has 1 radical (unpaired) electrons. The molecule has 0 N–H and O–H groups in total. The Kier molecular flexibility index (Phi) is 3.92. The Hall–Kier alpha value is -2.23. The molecule has 0 atom stereocenters. The number of hydrogen-bond donors (Lipinski definition) is 0. The molecule has 4 nitrogen and oxygen atoms in total. The van der Waals surface area contributed by atoms with Crippen LogP contribution in [0.4, 0.5) is 0 Å². The summed E-state index contributed by atoms with van der Waals surface area (Å²) in [7, 11) is 1.99. The van der Waals surface area contributed by atoms with E-state index in [0.717, 1.165) is 28.1 Å². The van der Waals surface area contributed by atoms with Crippen LogP contribution in [0.25, 0.3) is 28.1 Å². The summed E-state index contributed by atoms with van der Waals surface area (Å²) in [5.74, 6) is 0.852. The second-order valence-electron chi connectivity index (χ2n) is 4.90. The van der Waals surface area contributed by atoms with Crippen molar-refractivity contribution >= 4 is 11.0 Å². The molecule has 111 valence electrons. The topological polar surface area (TPSA) is 35.6 Å². The number of aryl methyl sites for hydroxylation is 1. The van der Waals surface area contributed by atoms with Gasteiger partial charge in [-0.2, -0.15) is 0 Å². The third-order valence-electron chi connectivity index (χ3n) is 3.59. The molecular weight excluding hydrogens is 452 g/mol. The Bertz CT molecular complexity index is 909. The first-order valence-electron chi connectivity index (χ1n) is 6.75. The van der Waals surface area contributed by atoms with Crippen LogP contribution in [-0.2, 0) is 27.2 Å². The SMILES string of the molecule is Cn1cnc2c(-c3nccn3-c3ccccc3)[c-]ccc21.[Ir]. The van der Waals surface area contributed by atoms with Crippen LogP contribution in [0.5, 0.6) is 0 Å². The Morgan fingerprint density at radius 3 is 2.68 bits per heavy atom. The standard InChI is InChI=1S/C17H13N4.Ir/c1-20-12-19-16-14(8-5-9-15(16)20)17-18-10-11-21(17)13-6-3-2-4-7-13;/h2-7,9-12H,1H3;/q-1;. The second kappa shape index (κ2) is 5.87. The van der Waals surface area contributed by atoms with Gasteiger partial charge in [0.25, 0.3) is 0 Å². The monoisotopic (exact) mass is 466 g/mol. The van der Waals surface area contributed by atoms with E-state index in [-0.39, 0.29) is 20.1 Å². The van der Waals surface area contributed by atoms with Crippen molar-refractivity contribution in [1.29, 1.82) is 0 Å². The van der Waals surface area contributed by atoms with Crippen molar-refractivity contribution in [2.75, 3.05) is 0 Å². The summed E-state index contributed by atoms with van der Waals surface area (Å²) >= 11 is 0. The molecule has 0 bridgehead atoms. The van der Waals surface area contributed by atoms with Gasteiger partial charge in [0.2, 0.25) is 0 Å². The van der Waals surface area contributed by atoms with E-state index in [1.807, 2.05) is 54.5 Å². The molecule has 0 fully saturated rings. The fourth-order valence-electron chi connectivity index (χ4n) is 2.56. The number of benzene rings is 2. The molecule has 4 rings (SSSR count). The summed E-state index contributed by atoms with van der Waals surface area (Å²) in [4.78, 5) is 8.99. The summed E-state index contributed by atoms with van der Waals surface area (Å²) in [6.07, 6.45) is 5.58. The number of fused-ring (bicyclic) bond motifs is 1. The maximum absolute atomic E-state index is 4.50. The zero-order valence-electron chi connectivity index (χ0n) is 11.9. The molecular formula is C17H13IrN4-. The van der Waals surface area contributed by atoms with E-state index in [9.17, 15) is 0 Å². The molecule has 2 aromatic heterocycles. The van der Waals surface area contributed by atoms with Crippen molar-refractivity contribution in [2.45, 2.75) is 0 Å². The molecule has 0 saturated carbocycles. The number of nitrogens with zero attached hydrogens (tertiary/aromatic N) is 4. The van der Waals surface area contributed by atoms with E-state index in [2.05, 4.69) is 32.7 Å². The van der Waals surface area contributed by atoms with Crippen molar-refractivity contribution in [3.8, 4) is 17.1 Å². The Balaban J connectivity index is 0.00000144. The zero-order valence-corrected chi connectivity index (χ0v) is 14.3. The zero-order chi connectivity index (χ0) is 14.2. The van der Waals surface area contributed by atoms with Crippen molar-refractivity contribution < 1.29 is 20.1 Å². The van der Waals surface area contributed by atoms with Crippen LogP contribution in [0.1, 0.15) is 0 Å². The molecule has 0 unspecified atom stereocenters. The van der Waals surface area contributed by atoms with Crippen LogP contribution < -0.4 is 0 Å². The van der Waals surface area contributed by atoms with Gasteiger partial charge in [0.15, 0.2) is 0 Å². The summed E-state index contributed by atoms with van der Waals surface area (Å²) < 4.78 is 4.06. The minimum absolute atomic E-state index is 0. The van der Waals surface area contributed by atoms with Gasteiger partial charge in [0.05, 0.1) is 12.2 Å². The first kappa shape index (κ1) is 14.7. The second-order valence-corrected chi connectivity index (χ2v) is 4.90. The van der Waals surface area contributed by atoms with Gasteiger partial charge in [-0.25, -0.2) is 0 Å². The van der Waals surface area contributed by atoms with Gasteiger partial charge in [0.1, 0.15) is 0 Å². The molecule has 0 aliphatic rings. The van der Waals surface area contributed by atoms with Crippen molar-refractivity contribution in [1.82, 2.24) is 19.1 Å². The van der Waals surface area contributed by atoms with Crippen LogP contribution in [0.3, 0.4) is 0 Å². The Morgan fingerprint density at radius 1 is 1.05 bits per heavy atom. The molecule has 2 aromatic carbocycles. The van der Waals surface area contributed by atoms with Gasteiger partial charge in [-0.1, -0.05) is 23.8 Å². The largest absolute Gasteiger partial charge is 0.352 e. The normalized spacial score (nSPS) is 10.6. The van der Waals surface area contributed by atoms with Gasteiger partial charge < -0.3 is 9.13 Å². The molecule has 4 aromatic rings. The number of aromatic nitrogens is 4. The molecule has 0 aliphatic heterocycles. The van der Waals surface area contributed by atoms with E-state index in [1.54, 1.807) is 6.20 Å². The van der Waals surface area contributed by atoms with Crippen molar-refractivity contribution in [2.24, 2.45) is 7.05 Å². The van der Waals surface area contributed by atoms with Gasteiger partial charge in [-0.05, 0) is 17.6 Å². The number of rotatable bonds is 2. The number of hydrogen-bond acceptors (Lipinski definition) is 2. The van der Waals surface area contributed by atoms with E-state index >= 15 is 0 Å². The van der Waals surface area contributed by atoms with Crippen LogP contribution in [-0.4, -0.2) is 19.1 Å². The van der Waals surface area contributed by atoms with E-state index in [4.69, 9.17) is 0 Å². The molecule has 2 heterocycles. The van der Waals surface area contributed by atoms with E-state index in [1.165, 1.54) is 0 Å². The smallest absolute Gasteiger partial charge is 0.0833 e. The molecule has 0 amide bonds. The minimum atomic E-state index is 0. The van der Waals surface area contributed by atoms with Crippen molar-refractivity contribution in [3.05, 3.63) is 67.3 Å². The average molecular weight is 466 g/mol. The summed E-state index contributed by atoms with van der Waals surface area (Å²) in [6, 6.07) is 17.4. The molecule has 0 aliphatic carbocycles. The fourth-order valence-corrected chi connectivity index (χ4v) is 2.56. The van der Waals surface area contributed by atoms with Gasteiger partial charge in [-0.3, -0.25) is 9.97 Å². The molecule has 22 heavy (non-hydrogen) atoms. The van der Waals surface area contributed by atoms with Crippen LogP contribution in [0.2, 0.25) is 0 Å². The molecule has 0 saturated heterocycles. The quantitative estimate of drug-likeness (QED) is 0.426. The fraction of sp³-hybridized carbons (Fsp3) is 0.0588. The first-order chi connectivity index (χ1) is 10.3. The van der Waals surface area contributed by atoms with Gasteiger partial charge in [0, 0.05) is 50.8 Å². The first-order valence-corrected chi connectivity index (χ1v) is 6.75. The van der Waals surface area contributed by atoms with E-state index < -0.39 is 0 Å². The summed E-state index contributed by atoms with van der Waals surface area (Å²) in [5.41, 5.74) is 3.99. The predicted molar refractivity (Wildman–Crippen MR) is 82.1 cm³/mol. The average Bonchev–Trinajstić information content (AvgIpc) is 3.15. The van der Waals surface area contributed by atoms with Crippen molar-refractivity contribution in [3.63, 3.8) is 0 Å². The molecule has 5 heteroatoms. The Labute approximate surface area is 141 Å². The third-order valence-corrected chi connectivity index (χ3v) is 3.59. The Morgan fingerprint density at radius 2 is 1.86 bits per heavy atom. The predicted octanol–water partition coefficient (Wildman–Crippen LogP) is 3.22. The molecule has 0 spiro atoms. The van der Waals surface area contributed by atoms with Gasteiger partial charge in [-0.15, -0.1) is 18.2 Å². The van der Waals surface area contributed by atoms with Gasteiger partial charge >= 0.3 is 0 Å². The minimum Gasteiger partial charge on any atom is -0.352 e. The van der Waals surface area contributed by atoms with Crippen LogP contribution >= 0.6 is 0 Å². The number of imidazole rings is 2.